The molecule has 4 nitrogen and oxygen atoms in total. The van der Waals surface area contributed by atoms with Crippen molar-refractivity contribution >= 4 is 7.82 Å². The molecule has 0 heterocycles. The fourth-order valence-corrected chi connectivity index (χ4v) is 6.13. The van der Waals surface area contributed by atoms with E-state index in [2.05, 4.69) is 101 Å². The molecule has 0 fully saturated rings. The monoisotopic (exact) mass is 578 g/mol. The Bertz CT molecular complexity index is 1200. The quantitative estimate of drug-likeness (QED) is 0.201. The highest BCUT2D eigenvalue weighted by Gasteiger charge is 2.36. The van der Waals surface area contributed by atoms with Crippen LogP contribution in [0.2, 0.25) is 0 Å². The molecule has 0 saturated carbocycles. The fourth-order valence-electron chi connectivity index (χ4n) is 4.80. The van der Waals surface area contributed by atoms with Gasteiger partial charge in [0.25, 0.3) is 0 Å². The van der Waals surface area contributed by atoms with E-state index in [1.807, 2.05) is 36.4 Å². The first-order chi connectivity index (χ1) is 19.1. The van der Waals surface area contributed by atoms with Crippen LogP contribution >= 0.6 is 7.82 Å². The third-order valence-electron chi connectivity index (χ3n) is 7.60. The van der Waals surface area contributed by atoms with E-state index in [1.54, 1.807) is 0 Å². The molecule has 0 N–H and O–H groups in total. The maximum Gasteiger partial charge on any atom is 0.647 e. The van der Waals surface area contributed by atoms with Gasteiger partial charge in [-0.05, 0) is 87.1 Å². The van der Waals surface area contributed by atoms with Crippen LogP contribution in [0.1, 0.15) is 152 Å². The fraction of sp³-hybridized carbons (Fsp3) is 0.500. The average Bonchev–Trinajstić information content (AvgIpc) is 2.88. The summed E-state index contributed by atoms with van der Waals surface area (Å²) < 4.78 is 34.0. The zero-order chi connectivity index (χ0) is 30.6. The summed E-state index contributed by atoms with van der Waals surface area (Å²) in [5, 5.41) is 0. The second-order valence-electron chi connectivity index (χ2n) is 13.0. The minimum absolute atomic E-state index is 0.158. The second-order valence-corrected chi connectivity index (χ2v) is 14.5. The largest absolute Gasteiger partial charge is 0.647 e. The molecule has 0 aliphatic carbocycles. The van der Waals surface area contributed by atoms with Gasteiger partial charge < -0.3 is 13.6 Å². The highest BCUT2D eigenvalue weighted by atomic mass is 31.2. The molecule has 0 saturated heterocycles. The molecule has 3 aromatic rings. The summed E-state index contributed by atoms with van der Waals surface area (Å²) >= 11 is 0. The summed E-state index contributed by atoms with van der Waals surface area (Å²) in [6.07, 6.45) is 0. The van der Waals surface area contributed by atoms with Crippen molar-refractivity contribution in [2.24, 2.45) is 0 Å². The molecule has 0 bridgehead atoms. The van der Waals surface area contributed by atoms with Crippen LogP contribution < -0.4 is 13.6 Å². The lowest BCUT2D eigenvalue weighted by molar-refractivity contribution is 0.294. The Morgan fingerprint density at radius 2 is 0.659 bits per heavy atom. The molecule has 0 aliphatic rings. The van der Waals surface area contributed by atoms with E-state index >= 15 is 0 Å². The molecule has 3 rings (SSSR count). The van der Waals surface area contributed by atoms with Gasteiger partial charge >= 0.3 is 7.82 Å². The number of phosphoric acid groups is 1. The SMILES string of the molecule is CC(C)c1ccc(OP(=O)(Oc2ccc(C(C)C)cc2C(C)C)Oc2ccc(C(C)C)cc2C(C)C)c(C(C)C)c1. The summed E-state index contributed by atoms with van der Waals surface area (Å²) in [7, 11) is -4.20. The van der Waals surface area contributed by atoms with Gasteiger partial charge in [0.15, 0.2) is 0 Å². The third-order valence-corrected chi connectivity index (χ3v) is 8.86. The predicted octanol–water partition coefficient (Wildman–Crippen LogP) is 12.1. The first-order valence-electron chi connectivity index (χ1n) is 15.2. The molecule has 41 heavy (non-hydrogen) atoms. The van der Waals surface area contributed by atoms with Crippen molar-refractivity contribution in [1.29, 1.82) is 0 Å². The van der Waals surface area contributed by atoms with Crippen molar-refractivity contribution in [1.82, 2.24) is 0 Å². The Labute approximate surface area is 249 Å². The standard InChI is InChI=1S/C36H51O4P/c1-22(2)28-13-16-34(31(19-28)25(7)8)38-41(37,39-35-17-14-29(23(3)4)20-32(35)26(9)10)40-36-18-15-30(24(5)6)21-33(36)27(11)12/h13-27H,1-12H3. The molecule has 0 aromatic heterocycles. The molecule has 0 amide bonds. The maximum absolute atomic E-state index is 14.8. The highest BCUT2D eigenvalue weighted by Crippen LogP contribution is 2.53. The van der Waals surface area contributed by atoms with Gasteiger partial charge in [-0.1, -0.05) is 119 Å². The van der Waals surface area contributed by atoms with Crippen LogP contribution in [0.15, 0.2) is 54.6 Å². The van der Waals surface area contributed by atoms with E-state index < -0.39 is 7.82 Å². The Kier molecular flexibility index (Phi) is 10.8. The van der Waals surface area contributed by atoms with Crippen LogP contribution in [0.5, 0.6) is 17.2 Å². The van der Waals surface area contributed by atoms with Crippen LogP contribution in [-0.4, -0.2) is 0 Å². The molecule has 0 aliphatic heterocycles. The molecule has 224 valence electrons. The lowest BCUT2D eigenvalue weighted by Gasteiger charge is -2.26. The third kappa shape index (κ3) is 8.19. The zero-order valence-corrected chi connectivity index (χ0v) is 28.1. The molecule has 0 spiro atoms. The first-order valence-corrected chi connectivity index (χ1v) is 16.7. The van der Waals surface area contributed by atoms with Crippen LogP contribution in [0, 0.1) is 0 Å². The predicted molar refractivity (Wildman–Crippen MR) is 173 cm³/mol. The van der Waals surface area contributed by atoms with Gasteiger partial charge in [0.05, 0.1) is 0 Å². The lowest BCUT2D eigenvalue weighted by Crippen LogP contribution is -2.12. The minimum Gasteiger partial charge on any atom is -0.386 e. The van der Waals surface area contributed by atoms with Crippen molar-refractivity contribution in [2.75, 3.05) is 0 Å². The maximum atomic E-state index is 14.8. The minimum atomic E-state index is -4.20. The number of hydrogen-bond acceptors (Lipinski definition) is 4. The van der Waals surface area contributed by atoms with E-state index in [9.17, 15) is 4.57 Å². The highest BCUT2D eigenvalue weighted by molar-refractivity contribution is 7.49. The number of benzene rings is 3. The molecular weight excluding hydrogens is 527 g/mol. The van der Waals surface area contributed by atoms with E-state index in [0.29, 0.717) is 35.0 Å². The Morgan fingerprint density at radius 1 is 0.415 bits per heavy atom. The molecule has 0 unspecified atom stereocenters. The van der Waals surface area contributed by atoms with Gasteiger partial charge in [0.1, 0.15) is 17.2 Å². The van der Waals surface area contributed by atoms with Crippen LogP contribution in [0.4, 0.5) is 0 Å². The van der Waals surface area contributed by atoms with E-state index in [-0.39, 0.29) is 17.8 Å². The van der Waals surface area contributed by atoms with Gasteiger partial charge in [-0.2, -0.15) is 4.57 Å². The smallest absolute Gasteiger partial charge is 0.386 e. The van der Waals surface area contributed by atoms with Gasteiger partial charge in [0.2, 0.25) is 0 Å². The van der Waals surface area contributed by atoms with Gasteiger partial charge in [0, 0.05) is 0 Å². The van der Waals surface area contributed by atoms with E-state index in [0.717, 1.165) is 16.7 Å². The van der Waals surface area contributed by atoms with Crippen molar-refractivity contribution < 1.29 is 18.1 Å². The Balaban J connectivity index is 2.17. The van der Waals surface area contributed by atoms with E-state index in [1.165, 1.54) is 16.7 Å². The number of phosphoric ester groups is 1. The lowest BCUT2D eigenvalue weighted by atomic mass is 9.95. The Hall–Kier alpha value is -2.71. The topological polar surface area (TPSA) is 44.8 Å². The van der Waals surface area contributed by atoms with Crippen LogP contribution in [0.3, 0.4) is 0 Å². The molecular formula is C36H51O4P. The van der Waals surface area contributed by atoms with Gasteiger partial charge in [-0.15, -0.1) is 0 Å². The van der Waals surface area contributed by atoms with Crippen LogP contribution in [-0.2, 0) is 4.57 Å². The van der Waals surface area contributed by atoms with Crippen molar-refractivity contribution in [3.63, 3.8) is 0 Å². The number of hydrogen-bond donors (Lipinski definition) is 0. The summed E-state index contributed by atoms with van der Waals surface area (Å²) in [5.74, 6) is 3.11. The summed E-state index contributed by atoms with van der Waals surface area (Å²) in [6, 6.07) is 18.2. The molecule has 0 radical (unpaired) electrons. The van der Waals surface area contributed by atoms with Gasteiger partial charge in [-0.3, -0.25) is 0 Å². The second kappa shape index (κ2) is 13.5. The van der Waals surface area contributed by atoms with Gasteiger partial charge in [-0.25, -0.2) is 0 Å². The van der Waals surface area contributed by atoms with Crippen molar-refractivity contribution in [3.05, 3.63) is 88.0 Å². The molecule has 3 aromatic carbocycles. The zero-order valence-electron chi connectivity index (χ0n) is 27.2. The average molecular weight is 579 g/mol. The summed E-state index contributed by atoms with van der Waals surface area (Å²) in [5.41, 5.74) is 6.53. The molecule has 5 heteroatoms. The van der Waals surface area contributed by atoms with Crippen molar-refractivity contribution in [3.8, 4) is 17.2 Å². The van der Waals surface area contributed by atoms with Crippen molar-refractivity contribution in [2.45, 2.75) is 119 Å². The normalized spacial score (nSPS) is 12.3. The van der Waals surface area contributed by atoms with Crippen LogP contribution in [0.25, 0.3) is 0 Å². The number of rotatable bonds is 12. The Morgan fingerprint density at radius 3 is 0.854 bits per heavy atom. The first kappa shape index (κ1) is 32.8. The molecule has 0 atom stereocenters. The summed E-state index contributed by atoms with van der Waals surface area (Å²) in [4.78, 5) is 0. The summed E-state index contributed by atoms with van der Waals surface area (Å²) in [6.45, 7) is 25.7. The van der Waals surface area contributed by atoms with E-state index in [4.69, 9.17) is 13.6 Å².